The van der Waals surface area contributed by atoms with Crippen molar-refractivity contribution < 1.29 is 19.5 Å². The minimum Gasteiger partial charge on any atom is -0.479 e. The number of Topliss-reactive ketones (excluding diaryl/α,β-unsaturated/α-hetero) is 1. The van der Waals surface area contributed by atoms with Crippen LogP contribution in [0.25, 0.3) is 0 Å². The van der Waals surface area contributed by atoms with Crippen molar-refractivity contribution in [2.75, 3.05) is 4.90 Å². The number of amides is 1. The number of carbonyl (C=O) groups is 3. The highest BCUT2D eigenvalue weighted by Crippen LogP contribution is 2.48. The van der Waals surface area contributed by atoms with Gasteiger partial charge in [0.2, 0.25) is 5.91 Å². The number of ketones is 1. The standard InChI is InChI=1S/C20H20N2O4S/c1-3-16(23)22-15-9-5-4-7-13(15)11-20(27,19(22,2)18(25)26)17(24)14-8-6-10-21-12-14/h4-10,12,27H,3,11H2,1-2H3,(H,25,26). The molecule has 1 aromatic heterocycles. The van der Waals surface area contributed by atoms with Gasteiger partial charge in [0.25, 0.3) is 0 Å². The SMILES string of the molecule is CCC(=O)N1c2ccccc2CC(S)(C(=O)c2cccnc2)C1(C)C(=O)O. The van der Waals surface area contributed by atoms with Crippen LogP contribution in [0.2, 0.25) is 0 Å². The molecular weight excluding hydrogens is 364 g/mol. The molecule has 1 aliphatic heterocycles. The Bertz CT molecular complexity index is 917. The van der Waals surface area contributed by atoms with E-state index >= 15 is 0 Å². The van der Waals surface area contributed by atoms with Gasteiger partial charge in [-0.1, -0.05) is 25.1 Å². The molecule has 140 valence electrons. The molecule has 7 heteroatoms. The van der Waals surface area contributed by atoms with Gasteiger partial charge < -0.3 is 5.11 Å². The first-order valence-corrected chi connectivity index (χ1v) is 9.03. The van der Waals surface area contributed by atoms with Gasteiger partial charge in [0.05, 0.1) is 0 Å². The van der Waals surface area contributed by atoms with Gasteiger partial charge in [0.1, 0.15) is 4.75 Å². The minimum absolute atomic E-state index is 0.0797. The van der Waals surface area contributed by atoms with E-state index in [-0.39, 0.29) is 24.3 Å². The van der Waals surface area contributed by atoms with E-state index < -0.39 is 22.0 Å². The van der Waals surface area contributed by atoms with Crippen LogP contribution in [0.1, 0.15) is 36.2 Å². The van der Waals surface area contributed by atoms with Gasteiger partial charge in [-0.15, -0.1) is 0 Å². The lowest BCUT2D eigenvalue weighted by molar-refractivity contribution is -0.145. The molecule has 1 N–H and O–H groups in total. The number of hydrogen-bond acceptors (Lipinski definition) is 5. The zero-order chi connectivity index (χ0) is 19.8. The van der Waals surface area contributed by atoms with Crippen molar-refractivity contribution in [2.24, 2.45) is 0 Å². The van der Waals surface area contributed by atoms with E-state index in [0.717, 1.165) is 0 Å². The van der Waals surface area contributed by atoms with Crippen LogP contribution in [0.4, 0.5) is 5.69 Å². The number of aliphatic carboxylic acids is 1. The van der Waals surface area contributed by atoms with Crippen LogP contribution in [0.3, 0.4) is 0 Å². The van der Waals surface area contributed by atoms with Gasteiger partial charge in [-0.05, 0) is 37.1 Å². The smallest absolute Gasteiger partial charge is 0.331 e. The predicted molar refractivity (Wildman–Crippen MR) is 104 cm³/mol. The number of benzene rings is 1. The van der Waals surface area contributed by atoms with Crippen molar-refractivity contribution in [1.29, 1.82) is 0 Å². The van der Waals surface area contributed by atoms with Crippen molar-refractivity contribution in [3.05, 3.63) is 59.9 Å². The second-order valence-electron chi connectivity index (χ2n) is 6.70. The fraction of sp³-hybridized carbons (Fsp3) is 0.300. The van der Waals surface area contributed by atoms with E-state index in [2.05, 4.69) is 17.6 Å². The van der Waals surface area contributed by atoms with Crippen molar-refractivity contribution in [2.45, 2.75) is 37.0 Å². The Morgan fingerprint density at radius 3 is 2.52 bits per heavy atom. The third-order valence-electron chi connectivity index (χ3n) is 5.20. The van der Waals surface area contributed by atoms with E-state index in [1.165, 1.54) is 24.2 Å². The number of rotatable bonds is 4. The summed E-state index contributed by atoms with van der Waals surface area (Å²) in [6.07, 6.45) is 3.09. The van der Waals surface area contributed by atoms with Crippen LogP contribution < -0.4 is 4.90 Å². The largest absolute Gasteiger partial charge is 0.479 e. The van der Waals surface area contributed by atoms with Crippen LogP contribution in [0.5, 0.6) is 0 Å². The molecule has 27 heavy (non-hydrogen) atoms. The number of fused-ring (bicyclic) bond motifs is 1. The second-order valence-corrected chi connectivity index (χ2v) is 7.46. The predicted octanol–water partition coefficient (Wildman–Crippen LogP) is 2.78. The number of carboxylic acid groups (broad SMARTS) is 1. The highest BCUT2D eigenvalue weighted by atomic mass is 32.1. The molecule has 1 amide bonds. The van der Waals surface area contributed by atoms with Crippen LogP contribution in [-0.4, -0.2) is 38.0 Å². The molecule has 0 spiro atoms. The molecule has 2 atom stereocenters. The number of carbonyl (C=O) groups excluding carboxylic acids is 2. The first kappa shape index (κ1) is 19.1. The summed E-state index contributed by atoms with van der Waals surface area (Å²) in [5.41, 5.74) is -0.420. The van der Waals surface area contributed by atoms with Crippen molar-refractivity contribution in [3.63, 3.8) is 0 Å². The molecule has 3 rings (SSSR count). The van der Waals surface area contributed by atoms with Gasteiger partial charge in [0, 0.05) is 30.1 Å². The average Bonchev–Trinajstić information content (AvgIpc) is 2.68. The highest BCUT2D eigenvalue weighted by molar-refractivity contribution is 7.83. The molecule has 2 heterocycles. The first-order valence-electron chi connectivity index (χ1n) is 8.59. The Hall–Kier alpha value is -2.67. The maximum absolute atomic E-state index is 13.4. The van der Waals surface area contributed by atoms with Crippen molar-refractivity contribution in [1.82, 2.24) is 4.98 Å². The summed E-state index contributed by atoms with van der Waals surface area (Å²) in [5.74, 6) is -2.15. The molecule has 0 radical (unpaired) electrons. The Kier molecular flexibility index (Phi) is 4.82. The number of nitrogens with zero attached hydrogens (tertiary/aromatic N) is 2. The van der Waals surface area contributed by atoms with Crippen molar-refractivity contribution >= 4 is 36.0 Å². The van der Waals surface area contributed by atoms with Crippen LogP contribution in [0, 0.1) is 0 Å². The molecule has 0 saturated carbocycles. The zero-order valence-corrected chi connectivity index (χ0v) is 15.9. The van der Waals surface area contributed by atoms with Gasteiger partial charge in [-0.2, -0.15) is 12.6 Å². The molecule has 2 aromatic rings. The summed E-state index contributed by atoms with van der Waals surface area (Å²) in [7, 11) is 0. The zero-order valence-electron chi connectivity index (χ0n) is 15.0. The van der Waals surface area contributed by atoms with E-state index in [0.29, 0.717) is 11.3 Å². The second kappa shape index (κ2) is 6.81. The number of pyridine rings is 1. The maximum atomic E-state index is 13.4. The van der Waals surface area contributed by atoms with Gasteiger partial charge in [0.15, 0.2) is 11.3 Å². The van der Waals surface area contributed by atoms with E-state index in [1.54, 1.807) is 43.3 Å². The third kappa shape index (κ3) is 2.73. The highest BCUT2D eigenvalue weighted by Gasteiger charge is 2.63. The minimum atomic E-state index is -1.87. The Morgan fingerprint density at radius 1 is 1.22 bits per heavy atom. The molecule has 2 unspecified atom stereocenters. The molecule has 0 fully saturated rings. The molecule has 6 nitrogen and oxygen atoms in total. The normalized spacial score (nSPS) is 24.2. The van der Waals surface area contributed by atoms with Gasteiger partial charge in [-0.3, -0.25) is 19.5 Å². The number of thiol groups is 1. The summed E-state index contributed by atoms with van der Waals surface area (Å²) in [6, 6.07) is 10.2. The maximum Gasteiger partial charge on any atom is 0.331 e. The van der Waals surface area contributed by atoms with Gasteiger partial charge in [-0.25, -0.2) is 4.79 Å². The first-order chi connectivity index (χ1) is 12.8. The van der Waals surface area contributed by atoms with E-state index in [9.17, 15) is 19.5 Å². The summed E-state index contributed by atoms with van der Waals surface area (Å²) in [6.45, 7) is 3.05. The topological polar surface area (TPSA) is 87.6 Å². The van der Waals surface area contributed by atoms with Crippen LogP contribution in [0.15, 0.2) is 48.8 Å². The molecule has 1 aromatic carbocycles. The number of aromatic nitrogens is 1. The molecular formula is C20H20N2O4S. The fourth-order valence-electron chi connectivity index (χ4n) is 3.60. The van der Waals surface area contributed by atoms with Gasteiger partial charge >= 0.3 is 5.97 Å². The Labute approximate surface area is 162 Å². The average molecular weight is 384 g/mol. The number of carboxylic acids is 1. The number of para-hydroxylation sites is 1. The number of hydrogen-bond donors (Lipinski definition) is 2. The fourth-order valence-corrected chi connectivity index (χ4v) is 4.10. The van der Waals surface area contributed by atoms with Crippen molar-refractivity contribution in [3.8, 4) is 0 Å². The summed E-state index contributed by atoms with van der Waals surface area (Å²) < 4.78 is -1.67. The van der Waals surface area contributed by atoms with E-state index in [4.69, 9.17) is 0 Å². The molecule has 0 aliphatic carbocycles. The summed E-state index contributed by atoms with van der Waals surface area (Å²) in [5, 5.41) is 10.2. The molecule has 0 bridgehead atoms. The monoisotopic (exact) mass is 384 g/mol. The van der Waals surface area contributed by atoms with Crippen LogP contribution >= 0.6 is 12.6 Å². The summed E-state index contributed by atoms with van der Waals surface area (Å²) in [4.78, 5) is 43.8. The lowest BCUT2D eigenvalue weighted by Crippen LogP contribution is -2.72. The Morgan fingerprint density at radius 2 is 1.93 bits per heavy atom. The molecule has 1 aliphatic rings. The third-order valence-corrected chi connectivity index (χ3v) is 6.00. The lowest BCUT2D eigenvalue weighted by Gasteiger charge is -2.52. The Balaban J connectivity index is 2.29. The van der Waals surface area contributed by atoms with E-state index in [1.807, 2.05) is 0 Å². The quantitative estimate of drug-likeness (QED) is 0.625. The summed E-state index contributed by atoms with van der Waals surface area (Å²) >= 11 is 4.64. The van der Waals surface area contributed by atoms with Crippen LogP contribution in [-0.2, 0) is 16.0 Å². The number of anilines is 1. The molecule has 0 saturated heterocycles. The lowest BCUT2D eigenvalue weighted by atomic mass is 9.71.